The predicted molar refractivity (Wildman–Crippen MR) is 92.0 cm³/mol. The van der Waals surface area contributed by atoms with E-state index in [9.17, 15) is 0 Å². The molecule has 112 valence electrons. The summed E-state index contributed by atoms with van der Waals surface area (Å²) in [5, 5.41) is 6.05. The standard InChI is InChI=1S/C19H25NS/c1-14-12-13-21-19(14)15(2)20-18-10-8-17(9-11-18)16-6-4-3-5-7-16/h3-7,12-13,15,17-18,20H,8-11H2,1-2H3. The molecule has 0 radical (unpaired) electrons. The molecular weight excluding hydrogens is 274 g/mol. The van der Waals surface area contributed by atoms with Crippen LogP contribution in [0.2, 0.25) is 0 Å². The first-order chi connectivity index (χ1) is 10.2. The second-order valence-corrected chi connectivity index (χ2v) is 7.26. The van der Waals surface area contributed by atoms with Gasteiger partial charge in [-0.3, -0.25) is 0 Å². The van der Waals surface area contributed by atoms with Crippen LogP contribution in [0.3, 0.4) is 0 Å². The summed E-state index contributed by atoms with van der Waals surface area (Å²) in [5.41, 5.74) is 2.95. The number of rotatable bonds is 4. The number of aryl methyl sites for hydroxylation is 1. The zero-order valence-corrected chi connectivity index (χ0v) is 13.8. The lowest BCUT2D eigenvalue weighted by atomic mass is 9.81. The lowest BCUT2D eigenvalue weighted by Gasteiger charge is -2.31. The second kappa shape index (κ2) is 6.76. The number of thiophene rings is 1. The van der Waals surface area contributed by atoms with Gasteiger partial charge in [-0.2, -0.15) is 0 Å². The molecule has 1 aliphatic carbocycles. The van der Waals surface area contributed by atoms with Gasteiger partial charge in [0.2, 0.25) is 0 Å². The highest BCUT2D eigenvalue weighted by molar-refractivity contribution is 7.10. The summed E-state index contributed by atoms with van der Waals surface area (Å²) < 4.78 is 0. The Balaban J connectivity index is 1.53. The topological polar surface area (TPSA) is 12.0 Å². The largest absolute Gasteiger partial charge is 0.307 e. The van der Waals surface area contributed by atoms with Gasteiger partial charge >= 0.3 is 0 Å². The number of benzene rings is 1. The van der Waals surface area contributed by atoms with Gasteiger partial charge in [-0.25, -0.2) is 0 Å². The minimum absolute atomic E-state index is 0.489. The van der Waals surface area contributed by atoms with E-state index in [-0.39, 0.29) is 0 Å². The summed E-state index contributed by atoms with van der Waals surface area (Å²) in [6.45, 7) is 4.53. The molecule has 0 spiro atoms. The minimum Gasteiger partial charge on any atom is -0.307 e. The summed E-state index contributed by atoms with van der Waals surface area (Å²) >= 11 is 1.88. The maximum atomic E-state index is 3.84. The maximum Gasteiger partial charge on any atom is 0.0390 e. The van der Waals surface area contributed by atoms with E-state index in [2.05, 4.69) is 60.9 Å². The van der Waals surface area contributed by atoms with Gasteiger partial charge in [0, 0.05) is 17.0 Å². The van der Waals surface area contributed by atoms with E-state index in [1.807, 2.05) is 11.3 Å². The fourth-order valence-electron chi connectivity index (χ4n) is 3.58. The van der Waals surface area contributed by atoms with Crippen molar-refractivity contribution in [2.24, 2.45) is 0 Å². The second-order valence-electron chi connectivity index (χ2n) is 6.32. The summed E-state index contributed by atoms with van der Waals surface area (Å²) in [6, 6.07) is 14.4. The van der Waals surface area contributed by atoms with E-state index < -0.39 is 0 Å². The van der Waals surface area contributed by atoms with Gasteiger partial charge in [-0.15, -0.1) is 11.3 Å². The van der Waals surface area contributed by atoms with E-state index in [0.717, 1.165) is 5.92 Å². The van der Waals surface area contributed by atoms with E-state index in [1.165, 1.54) is 41.7 Å². The fourth-order valence-corrected chi connectivity index (χ4v) is 4.52. The van der Waals surface area contributed by atoms with Gasteiger partial charge in [-0.05, 0) is 68.0 Å². The van der Waals surface area contributed by atoms with Crippen LogP contribution in [0.4, 0.5) is 0 Å². The summed E-state index contributed by atoms with van der Waals surface area (Å²) in [6.07, 6.45) is 5.23. The molecule has 0 aliphatic heterocycles. The Bertz CT molecular complexity index is 552. The molecule has 2 aromatic rings. The summed E-state index contributed by atoms with van der Waals surface area (Å²) in [4.78, 5) is 1.50. The molecule has 1 aromatic heterocycles. The Morgan fingerprint density at radius 3 is 2.38 bits per heavy atom. The van der Waals surface area contributed by atoms with Crippen LogP contribution < -0.4 is 5.32 Å². The zero-order chi connectivity index (χ0) is 14.7. The molecule has 1 unspecified atom stereocenters. The van der Waals surface area contributed by atoms with Gasteiger partial charge in [0.1, 0.15) is 0 Å². The number of hydrogen-bond donors (Lipinski definition) is 1. The normalized spacial score (nSPS) is 23.9. The monoisotopic (exact) mass is 299 g/mol. The average molecular weight is 299 g/mol. The molecular formula is C19H25NS. The highest BCUT2D eigenvalue weighted by Crippen LogP contribution is 2.34. The predicted octanol–water partition coefficient (Wildman–Crippen LogP) is 5.43. The Morgan fingerprint density at radius 1 is 1.05 bits per heavy atom. The van der Waals surface area contributed by atoms with Crippen LogP contribution in [-0.4, -0.2) is 6.04 Å². The van der Waals surface area contributed by atoms with Crippen molar-refractivity contribution in [1.82, 2.24) is 5.32 Å². The first kappa shape index (κ1) is 14.8. The number of nitrogens with one attached hydrogen (secondary N) is 1. The molecule has 2 heteroatoms. The van der Waals surface area contributed by atoms with Crippen molar-refractivity contribution in [3.63, 3.8) is 0 Å². The van der Waals surface area contributed by atoms with Crippen molar-refractivity contribution < 1.29 is 0 Å². The van der Waals surface area contributed by atoms with Crippen molar-refractivity contribution in [3.8, 4) is 0 Å². The van der Waals surface area contributed by atoms with Crippen molar-refractivity contribution >= 4 is 11.3 Å². The maximum absolute atomic E-state index is 3.84. The first-order valence-corrected chi connectivity index (χ1v) is 8.97. The van der Waals surface area contributed by atoms with E-state index in [1.54, 1.807) is 0 Å². The van der Waals surface area contributed by atoms with Crippen molar-refractivity contribution in [2.45, 2.75) is 57.5 Å². The Labute approximate surface area is 132 Å². The minimum atomic E-state index is 0.489. The Hall–Kier alpha value is -1.12. The number of hydrogen-bond acceptors (Lipinski definition) is 2. The zero-order valence-electron chi connectivity index (χ0n) is 13.0. The Morgan fingerprint density at radius 2 is 1.76 bits per heavy atom. The van der Waals surface area contributed by atoms with Crippen molar-refractivity contribution in [2.75, 3.05) is 0 Å². The third-order valence-corrected chi connectivity index (χ3v) is 5.98. The highest BCUT2D eigenvalue weighted by atomic mass is 32.1. The van der Waals surface area contributed by atoms with Crippen molar-refractivity contribution in [3.05, 3.63) is 57.8 Å². The molecule has 1 atom stereocenters. The van der Waals surface area contributed by atoms with Crippen LogP contribution in [0.5, 0.6) is 0 Å². The summed E-state index contributed by atoms with van der Waals surface area (Å²) in [7, 11) is 0. The van der Waals surface area contributed by atoms with Crippen LogP contribution in [0, 0.1) is 6.92 Å². The molecule has 21 heavy (non-hydrogen) atoms. The van der Waals surface area contributed by atoms with Gasteiger partial charge in [0.15, 0.2) is 0 Å². The molecule has 1 N–H and O–H groups in total. The average Bonchev–Trinajstić information content (AvgIpc) is 2.95. The van der Waals surface area contributed by atoms with E-state index in [4.69, 9.17) is 0 Å². The molecule has 3 rings (SSSR count). The molecule has 1 nitrogen and oxygen atoms in total. The third-order valence-electron chi connectivity index (χ3n) is 4.78. The molecule has 1 saturated carbocycles. The van der Waals surface area contributed by atoms with E-state index >= 15 is 0 Å². The Kier molecular flexibility index (Phi) is 4.77. The lowest BCUT2D eigenvalue weighted by molar-refractivity contribution is 0.323. The molecule has 1 aliphatic rings. The van der Waals surface area contributed by atoms with Gasteiger partial charge < -0.3 is 5.32 Å². The molecule has 0 saturated heterocycles. The quantitative estimate of drug-likeness (QED) is 0.793. The van der Waals surface area contributed by atoms with Crippen molar-refractivity contribution in [1.29, 1.82) is 0 Å². The summed E-state index contributed by atoms with van der Waals surface area (Å²) in [5.74, 6) is 0.767. The van der Waals surface area contributed by atoms with Crippen LogP contribution >= 0.6 is 11.3 Å². The van der Waals surface area contributed by atoms with Gasteiger partial charge in [0.05, 0.1) is 0 Å². The lowest BCUT2D eigenvalue weighted by Crippen LogP contribution is -2.34. The molecule has 0 amide bonds. The van der Waals surface area contributed by atoms with Crippen LogP contribution in [0.1, 0.15) is 60.6 Å². The van der Waals surface area contributed by atoms with Crippen LogP contribution in [0.25, 0.3) is 0 Å². The smallest absolute Gasteiger partial charge is 0.0390 e. The fraction of sp³-hybridized carbons (Fsp3) is 0.474. The SMILES string of the molecule is Cc1ccsc1C(C)NC1CCC(c2ccccc2)CC1. The molecule has 1 heterocycles. The first-order valence-electron chi connectivity index (χ1n) is 8.09. The van der Waals surface area contributed by atoms with Crippen LogP contribution in [-0.2, 0) is 0 Å². The van der Waals surface area contributed by atoms with Crippen LogP contribution in [0.15, 0.2) is 41.8 Å². The third kappa shape index (κ3) is 3.56. The molecule has 1 aromatic carbocycles. The van der Waals surface area contributed by atoms with Gasteiger partial charge in [-0.1, -0.05) is 30.3 Å². The highest BCUT2D eigenvalue weighted by Gasteiger charge is 2.23. The molecule has 1 fully saturated rings. The van der Waals surface area contributed by atoms with E-state index in [0.29, 0.717) is 12.1 Å². The van der Waals surface area contributed by atoms with Gasteiger partial charge in [0.25, 0.3) is 0 Å². The molecule has 0 bridgehead atoms.